The smallest absolute Gasteiger partial charge is 0.357 e. The number of rotatable bonds is 4. The van der Waals surface area contributed by atoms with Gasteiger partial charge in [-0.25, -0.2) is 19.3 Å². The van der Waals surface area contributed by atoms with Gasteiger partial charge in [-0.05, 0) is 36.4 Å². The molecule has 0 fully saturated rings. The summed E-state index contributed by atoms with van der Waals surface area (Å²) in [6.45, 7) is 0. The van der Waals surface area contributed by atoms with Crippen LogP contribution in [0.2, 0.25) is 10.2 Å². The third-order valence-electron chi connectivity index (χ3n) is 3.74. The highest BCUT2D eigenvalue weighted by molar-refractivity contribution is 6.32. The van der Waals surface area contributed by atoms with E-state index < -0.39 is 11.9 Å². The zero-order valence-corrected chi connectivity index (χ0v) is 15.8. The standard InChI is InChI=1S/C18H13Cl2N3O4/c1-26-17(24)13-14(12-4-3-9-21-16(12)20)22-23(15(13)18(25)27-2)11-7-5-10(19)6-8-11/h3-9H,1-2H3. The predicted octanol–water partition coefficient (Wildman–Crippen LogP) is 3.81. The fraction of sp³-hybridized carbons (Fsp3) is 0.111. The van der Waals surface area contributed by atoms with Crippen LogP contribution in [0.1, 0.15) is 20.8 Å². The number of benzene rings is 1. The largest absolute Gasteiger partial charge is 0.465 e. The van der Waals surface area contributed by atoms with Gasteiger partial charge in [0, 0.05) is 16.8 Å². The molecule has 27 heavy (non-hydrogen) atoms. The lowest BCUT2D eigenvalue weighted by atomic mass is 10.1. The number of aromatic nitrogens is 3. The molecule has 0 N–H and O–H groups in total. The number of hydrogen-bond acceptors (Lipinski definition) is 6. The van der Waals surface area contributed by atoms with Crippen LogP contribution >= 0.6 is 23.2 Å². The number of halogens is 2. The van der Waals surface area contributed by atoms with Crippen LogP contribution in [0.25, 0.3) is 16.9 Å². The Morgan fingerprint density at radius 3 is 2.26 bits per heavy atom. The van der Waals surface area contributed by atoms with E-state index in [1.807, 2.05) is 0 Å². The van der Waals surface area contributed by atoms with Gasteiger partial charge in [0.05, 0.1) is 19.9 Å². The van der Waals surface area contributed by atoms with E-state index in [0.29, 0.717) is 16.3 Å². The molecule has 0 saturated heterocycles. The summed E-state index contributed by atoms with van der Waals surface area (Å²) in [6.07, 6.45) is 1.50. The molecule has 9 heteroatoms. The second kappa shape index (κ2) is 7.77. The SMILES string of the molecule is COC(=O)c1c(-c2cccnc2Cl)nn(-c2ccc(Cl)cc2)c1C(=O)OC. The minimum Gasteiger partial charge on any atom is -0.465 e. The number of carbonyl (C=O) groups is 2. The molecule has 3 aromatic rings. The van der Waals surface area contributed by atoms with Crippen LogP contribution in [0.15, 0.2) is 42.6 Å². The van der Waals surface area contributed by atoms with E-state index in [0.717, 1.165) is 0 Å². The summed E-state index contributed by atoms with van der Waals surface area (Å²) in [5.41, 5.74) is 0.847. The molecule has 0 radical (unpaired) electrons. The van der Waals surface area contributed by atoms with Crippen molar-refractivity contribution < 1.29 is 19.1 Å². The summed E-state index contributed by atoms with van der Waals surface area (Å²) in [6, 6.07) is 9.84. The van der Waals surface area contributed by atoms with Crippen molar-refractivity contribution in [2.75, 3.05) is 14.2 Å². The summed E-state index contributed by atoms with van der Waals surface area (Å²) in [7, 11) is 2.41. The first-order chi connectivity index (χ1) is 13.0. The molecule has 0 unspecified atom stereocenters. The van der Waals surface area contributed by atoms with Crippen LogP contribution in [0.5, 0.6) is 0 Å². The normalized spacial score (nSPS) is 10.5. The fourth-order valence-electron chi connectivity index (χ4n) is 2.52. The van der Waals surface area contributed by atoms with Crippen LogP contribution < -0.4 is 0 Å². The maximum Gasteiger partial charge on any atom is 0.357 e. The molecular formula is C18H13Cl2N3O4. The molecule has 0 spiro atoms. The van der Waals surface area contributed by atoms with Crippen LogP contribution in [0.4, 0.5) is 0 Å². The highest BCUT2D eigenvalue weighted by atomic mass is 35.5. The molecule has 0 saturated carbocycles. The molecule has 0 aliphatic carbocycles. The van der Waals surface area contributed by atoms with Gasteiger partial charge in [-0.15, -0.1) is 0 Å². The third kappa shape index (κ3) is 3.51. The minimum absolute atomic E-state index is 0.0748. The quantitative estimate of drug-likeness (QED) is 0.484. The number of pyridine rings is 1. The van der Waals surface area contributed by atoms with Crippen LogP contribution in [0.3, 0.4) is 0 Å². The first-order valence-electron chi connectivity index (χ1n) is 7.64. The van der Waals surface area contributed by atoms with Crippen molar-refractivity contribution in [2.45, 2.75) is 0 Å². The second-order valence-corrected chi connectivity index (χ2v) is 6.08. The van der Waals surface area contributed by atoms with Crippen molar-refractivity contribution in [2.24, 2.45) is 0 Å². The summed E-state index contributed by atoms with van der Waals surface area (Å²) < 4.78 is 11.0. The average Bonchev–Trinajstić information content (AvgIpc) is 3.08. The van der Waals surface area contributed by atoms with Crippen LogP contribution in [0, 0.1) is 0 Å². The molecule has 0 bridgehead atoms. The summed E-state index contributed by atoms with van der Waals surface area (Å²) in [5, 5.41) is 5.06. The average molecular weight is 406 g/mol. The maximum atomic E-state index is 12.5. The number of methoxy groups -OCH3 is 2. The zero-order valence-electron chi connectivity index (χ0n) is 14.3. The van der Waals surface area contributed by atoms with Crippen molar-refractivity contribution in [3.8, 4) is 16.9 Å². The first-order valence-corrected chi connectivity index (χ1v) is 8.40. The van der Waals surface area contributed by atoms with Crippen molar-refractivity contribution in [3.05, 3.63) is 64.0 Å². The molecule has 7 nitrogen and oxygen atoms in total. The summed E-state index contributed by atoms with van der Waals surface area (Å²) in [4.78, 5) is 29.0. The van der Waals surface area contributed by atoms with E-state index in [1.165, 1.54) is 25.1 Å². The third-order valence-corrected chi connectivity index (χ3v) is 4.29. The topological polar surface area (TPSA) is 83.3 Å². The van der Waals surface area contributed by atoms with Crippen LogP contribution in [-0.4, -0.2) is 40.9 Å². The molecule has 2 aromatic heterocycles. The maximum absolute atomic E-state index is 12.5. The monoisotopic (exact) mass is 405 g/mol. The lowest BCUT2D eigenvalue weighted by molar-refractivity contribution is 0.0549. The molecular weight excluding hydrogens is 393 g/mol. The summed E-state index contributed by atoms with van der Waals surface area (Å²) >= 11 is 12.1. The Labute approximate surface area is 164 Å². The van der Waals surface area contributed by atoms with Gasteiger partial charge in [0.1, 0.15) is 16.4 Å². The van der Waals surface area contributed by atoms with Gasteiger partial charge in [0.2, 0.25) is 0 Å². The van der Waals surface area contributed by atoms with Crippen molar-refractivity contribution in [1.82, 2.24) is 14.8 Å². The van der Waals surface area contributed by atoms with E-state index in [4.69, 9.17) is 32.7 Å². The first kappa shape index (κ1) is 18.9. The van der Waals surface area contributed by atoms with Gasteiger partial charge in [-0.3, -0.25) is 0 Å². The molecule has 138 valence electrons. The fourth-order valence-corrected chi connectivity index (χ4v) is 2.85. The van der Waals surface area contributed by atoms with Crippen molar-refractivity contribution in [1.29, 1.82) is 0 Å². The lowest BCUT2D eigenvalue weighted by Gasteiger charge is -2.07. The molecule has 0 aliphatic rings. The number of nitrogens with zero attached hydrogens (tertiary/aromatic N) is 3. The van der Waals surface area contributed by atoms with E-state index in [-0.39, 0.29) is 22.1 Å². The molecule has 0 amide bonds. The van der Waals surface area contributed by atoms with Gasteiger partial charge in [-0.1, -0.05) is 23.2 Å². The number of ether oxygens (including phenoxy) is 2. The van der Waals surface area contributed by atoms with E-state index in [1.54, 1.807) is 36.4 Å². The van der Waals surface area contributed by atoms with Gasteiger partial charge in [0.25, 0.3) is 0 Å². The zero-order chi connectivity index (χ0) is 19.6. The Bertz CT molecular complexity index is 1020. The van der Waals surface area contributed by atoms with Crippen LogP contribution in [-0.2, 0) is 9.47 Å². The predicted molar refractivity (Wildman–Crippen MR) is 99.5 cm³/mol. The Balaban J connectivity index is 2.37. The highest BCUT2D eigenvalue weighted by Gasteiger charge is 2.32. The number of hydrogen-bond donors (Lipinski definition) is 0. The minimum atomic E-state index is -0.760. The van der Waals surface area contributed by atoms with Crippen molar-refractivity contribution >= 4 is 35.1 Å². The van der Waals surface area contributed by atoms with Gasteiger partial charge < -0.3 is 9.47 Å². The van der Waals surface area contributed by atoms with E-state index in [9.17, 15) is 9.59 Å². The molecule has 0 atom stereocenters. The Kier molecular flexibility index (Phi) is 5.43. The lowest BCUT2D eigenvalue weighted by Crippen LogP contribution is -2.15. The molecule has 2 heterocycles. The van der Waals surface area contributed by atoms with Gasteiger partial charge in [-0.2, -0.15) is 5.10 Å². The van der Waals surface area contributed by atoms with E-state index >= 15 is 0 Å². The van der Waals surface area contributed by atoms with Gasteiger partial charge >= 0.3 is 11.9 Å². The van der Waals surface area contributed by atoms with Crippen molar-refractivity contribution in [3.63, 3.8) is 0 Å². The Hall–Kier alpha value is -2.90. The number of esters is 2. The molecule has 1 aromatic carbocycles. The van der Waals surface area contributed by atoms with E-state index in [2.05, 4.69) is 10.1 Å². The molecule has 3 rings (SSSR count). The Morgan fingerprint density at radius 2 is 1.67 bits per heavy atom. The summed E-state index contributed by atoms with van der Waals surface area (Å²) in [5.74, 6) is -1.52. The van der Waals surface area contributed by atoms with Gasteiger partial charge in [0.15, 0.2) is 5.69 Å². The Morgan fingerprint density at radius 1 is 1.00 bits per heavy atom. The highest BCUT2D eigenvalue weighted by Crippen LogP contribution is 2.32. The number of carbonyl (C=O) groups excluding carboxylic acids is 2. The molecule has 0 aliphatic heterocycles. The second-order valence-electron chi connectivity index (χ2n) is 5.29.